The number of aromatic nitrogens is 2. The molecule has 1 aliphatic rings. The van der Waals surface area contributed by atoms with Gasteiger partial charge in [0.1, 0.15) is 6.61 Å². The minimum absolute atomic E-state index is 0.0250. The van der Waals surface area contributed by atoms with Crippen LogP contribution in [0.4, 0.5) is 5.95 Å². The van der Waals surface area contributed by atoms with Crippen LogP contribution >= 0.6 is 0 Å². The van der Waals surface area contributed by atoms with Crippen molar-refractivity contribution in [2.45, 2.75) is 51.2 Å². The normalized spacial score (nSPS) is 17.9. The maximum Gasteiger partial charge on any atom is 0.264 e. The molecule has 1 aromatic heterocycles. The van der Waals surface area contributed by atoms with E-state index in [1.807, 2.05) is 45.9 Å². The first kappa shape index (κ1) is 28.5. The Morgan fingerprint density at radius 3 is 2.46 bits per heavy atom. The monoisotopic (exact) mass is 554 g/mol. The number of aliphatic hydroxyl groups excluding tert-OH is 2. The minimum Gasteiger partial charge on any atom is -0.475 e. The van der Waals surface area contributed by atoms with Gasteiger partial charge in [0.2, 0.25) is 11.8 Å². The highest BCUT2D eigenvalue weighted by molar-refractivity contribution is 7.92. The third-order valence-corrected chi connectivity index (χ3v) is 7.87. The van der Waals surface area contributed by atoms with Gasteiger partial charge in [0.15, 0.2) is 0 Å². The molecule has 39 heavy (non-hydrogen) atoms. The van der Waals surface area contributed by atoms with Crippen molar-refractivity contribution in [2.24, 2.45) is 5.92 Å². The number of fused-ring (bicyclic) bond motifs is 4. The van der Waals surface area contributed by atoms with E-state index in [0.29, 0.717) is 12.1 Å². The third-order valence-electron chi connectivity index (χ3n) is 6.54. The molecule has 4 rings (SSSR count). The molecule has 3 aromatic rings. The fourth-order valence-corrected chi connectivity index (χ4v) is 5.72. The Balaban J connectivity index is 1.90. The smallest absolute Gasteiger partial charge is 0.264 e. The molecule has 0 radical (unpaired) electrons. The molecule has 1 amide bonds. The number of rotatable bonds is 6. The van der Waals surface area contributed by atoms with E-state index in [1.165, 1.54) is 29.2 Å². The SMILES string of the molecule is Cc1cccc(C)c1-c1cc2nc(n1)NS(=O)(=O)c1cccc(c1)C(=O)N(C[C@@H](O)CO)[C@H](CC(C)C)CO2. The van der Waals surface area contributed by atoms with Crippen LogP contribution in [0.3, 0.4) is 0 Å². The zero-order valence-corrected chi connectivity index (χ0v) is 23.3. The number of hydrogen-bond acceptors (Lipinski definition) is 8. The lowest BCUT2D eigenvalue weighted by molar-refractivity contribution is 0.0243. The van der Waals surface area contributed by atoms with Gasteiger partial charge < -0.3 is 19.8 Å². The molecule has 3 N–H and O–H groups in total. The van der Waals surface area contributed by atoms with E-state index in [2.05, 4.69) is 14.7 Å². The van der Waals surface area contributed by atoms with Crippen LogP contribution in [-0.2, 0) is 10.0 Å². The molecule has 2 aromatic carbocycles. The van der Waals surface area contributed by atoms with Crippen molar-refractivity contribution < 1.29 is 28.2 Å². The Hall–Kier alpha value is -3.54. The van der Waals surface area contributed by atoms with E-state index in [9.17, 15) is 23.4 Å². The zero-order chi connectivity index (χ0) is 28.3. The van der Waals surface area contributed by atoms with Crippen LogP contribution in [0.15, 0.2) is 53.4 Å². The fourth-order valence-electron chi connectivity index (χ4n) is 4.73. The molecule has 0 fully saturated rings. The van der Waals surface area contributed by atoms with E-state index >= 15 is 0 Å². The maximum absolute atomic E-state index is 13.7. The number of β-amino-alcohol motifs (C(OH)–C–C–N with tert-alkyl or cyclic N) is 1. The number of carbonyl (C=O) groups is 1. The fraction of sp³-hybridized carbons (Fsp3) is 0.393. The number of aliphatic hydroxyl groups is 2. The van der Waals surface area contributed by atoms with Gasteiger partial charge in [-0.15, -0.1) is 0 Å². The van der Waals surface area contributed by atoms with Crippen molar-refractivity contribution in [1.82, 2.24) is 14.9 Å². The van der Waals surface area contributed by atoms with Gasteiger partial charge in [0.05, 0.1) is 29.3 Å². The first-order chi connectivity index (χ1) is 18.5. The Labute approximate surface area is 228 Å². The predicted octanol–water partition coefficient (Wildman–Crippen LogP) is 3.16. The number of sulfonamides is 1. The number of ether oxygens (including phenoxy) is 1. The van der Waals surface area contributed by atoms with Crippen LogP contribution in [0.5, 0.6) is 5.88 Å². The molecule has 0 aliphatic carbocycles. The summed E-state index contributed by atoms with van der Waals surface area (Å²) in [6.07, 6.45) is -0.656. The van der Waals surface area contributed by atoms with Crippen LogP contribution < -0.4 is 9.46 Å². The van der Waals surface area contributed by atoms with Gasteiger partial charge in [-0.2, -0.15) is 4.98 Å². The molecule has 0 saturated heterocycles. The summed E-state index contributed by atoms with van der Waals surface area (Å²) in [7, 11) is -4.17. The Morgan fingerprint density at radius 2 is 1.79 bits per heavy atom. The van der Waals surface area contributed by atoms with Crippen molar-refractivity contribution in [2.75, 3.05) is 24.5 Å². The van der Waals surface area contributed by atoms with Crippen LogP contribution in [0.1, 0.15) is 41.8 Å². The van der Waals surface area contributed by atoms with Gasteiger partial charge >= 0.3 is 0 Å². The predicted molar refractivity (Wildman–Crippen MR) is 147 cm³/mol. The first-order valence-electron chi connectivity index (χ1n) is 12.8. The minimum atomic E-state index is -4.17. The topological polar surface area (TPSA) is 142 Å². The lowest BCUT2D eigenvalue weighted by Gasteiger charge is -2.34. The highest BCUT2D eigenvalue weighted by Crippen LogP contribution is 2.30. The number of nitrogens with one attached hydrogen (secondary N) is 1. The van der Waals surface area contributed by atoms with E-state index in [0.717, 1.165) is 16.7 Å². The molecule has 0 spiro atoms. The summed E-state index contributed by atoms with van der Waals surface area (Å²) in [5.74, 6) is -0.346. The molecule has 208 valence electrons. The average molecular weight is 555 g/mol. The van der Waals surface area contributed by atoms with Crippen LogP contribution in [0, 0.1) is 19.8 Å². The van der Waals surface area contributed by atoms with Crippen molar-refractivity contribution in [3.63, 3.8) is 0 Å². The largest absolute Gasteiger partial charge is 0.475 e. The second-order valence-corrected chi connectivity index (χ2v) is 11.9. The van der Waals surface area contributed by atoms with Crippen LogP contribution in [0.2, 0.25) is 0 Å². The number of carbonyl (C=O) groups excluding carboxylic acids is 1. The number of amides is 1. The average Bonchev–Trinajstić information content (AvgIpc) is 2.88. The zero-order valence-electron chi connectivity index (χ0n) is 22.5. The standard InChI is InChI=1S/C28H34N4O6S/c1-17(2)11-21-16-38-25-13-24(26-18(3)7-5-8-19(26)4)29-28(30-25)31-39(36,37)23-10-6-9-20(12-23)27(35)32(21)14-22(34)15-33/h5-10,12-13,17,21-22,33-34H,11,14-16H2,1-4H3,(H,29,30,31)/t21-,22-/m1/s1. The van der Waals surface area contributed by atoms with Crippen molar-refractivity contribution >= 4 is 21.9 Å². The summed E-state index contributed by atoms with van der Waals surface area (Å²) >= 11 is 0. The number of aryl methyl sites for hydroxylation is 2. The Bertz CT molecular complexity index is 1440. The second-order valence-electron chi connectivity index (χ2n) is 10.2. The van der Waals surface area contributed by atoms with Gasteiger partial charge in [-0.05, 0) is 55.5 Å². The summed E-state index contributed by atoms with van der Waals surface area (Å²) in [6.45, 7) is 7.22. The van der Waals surface area contributed by atoms with E-state index in [-0.39, 0.29) is 41.4 Å². The summed E-state index contributed by atoms with van der Waals surface area (Å²) < 4.78 is 35.2. The third kappa shape index (κ3) is 6.55. The van der Waals surface area contributed by atoms with Gasteiger partial charge in [0, 0.05) is 23.7 Å². The molecule has 1 aliphatic heterocycles. The highest BCUT2D eigenvalue weighted by Gasteiger charge is 2.30. The molecular formula is C28H34N4O6S. The number of hydrogen-bond donors (Lipinski definition) is 3. The van der Waals surface area contributed by atoms with E-state index < -0.39 is 34.7 Å². The molecule has 0 unspecified atom stereocenters. The second kappa shape index (κ2) is 11.7. The number of benzene rings is 2. The molecular weight excluding hydrogens is 520 g/mol. The first-order valence-corrected chi connectivity index (χ1v) is 14.3. The summed E-state index contributed by atoms with van der Waals surface area (Å²) in [6, 6.07) is 12.6. The lowest BCUT2D eigenvalue weighted by Crippen LogP contribution is -2.48. The lowest BCUT2D eigenvalue weighted by atomic mass is 10.00. The number of anilines is 1. The molecule has 0 saturated carbocycles. The number of nitrogens with zero attached hydrogens (tertiary/aromatic N) is 3. The van der Waals surface area contributed by atoms with Gasteiger partial charge in [-0.3, -0.25) is 4.79 Å². The maximum atomic E-state index is 13.7. The van der Waals surface area contributed by atoms with Crippen molar-refractivity contribution in [1.29, 1.82) is 0 Å². The molecule has 4 bridgehead atoms. The van der Waals surface area contributed by atoms with E-state index in [1.54, 1.807) is 6.07 Å². The Morgan fingerprint density at radius 1 is 1.10 bits per heavy atom. The van der Waals surface area contributed by atoms with E-state index in [4.69, 9.17) is 4.74 Å². The summed E-state index contributed by atoms with van der Waals surface area (Å²) in [5.41, 5.74) is 3.34. The van der Waals surface area contributed by atoms with Crippen LogP contribution in [-0.4, -0.2) is 71.3 Å². The highest BCUT2D eigenvalue weighted by atomic mass is 32.2. The quantitative estimate of drug-likeness (QED) is 0.422. The van der Waals surface area contributed by atoms with Crippen LogP contribution in [0.25, 0.3) is 11.3 Å². The molecule has 2 atom stereocenters. The molecule has 2 heterocycles. The summed E-state index contributed by atoms with van der Waals surface area (Å²) in [4.78, 5) is 23.8. The van der Waals surface area contributed by atoms with Crippen molar-refractivity contribution in [3.05, 3.63) is 65.2 Å². The Kier molecular flexibility index (Phi) is 8.53. The van der Waals surface area contributed by atoms with Gasteiger partial charge in [-0.1, -0.05) is 38.1 Å². The molecule has 10 nitrogen and oxygen atoms in total. The van der Waals surface area contributed by atoms with Gasteiger partial charge in [0.25, 0.3) is 15.9 Å². The molecule has 11 heteroatoms. The van der Waals surface area contributed by atoms with Gasteiger partial charge in [-0.25, -0.2) is 18.1 Å². The van der Waals surface area contributed by atoms with Crippen molar-refractivity contribution in [3.8, 4) is 17.1 Å². The summed E-state index contributed by atoms with van der Waals surface area (Å²) in [5, 5.41) is 19.8.